The molecule has 0 bridgehead atoms. The van der Waals surface area contributed by atoms with Crippen molar-refractivity contribution in [1.82, 2.24) is 4.98 Å². The monoisotopic (exact) mass is 273 g/mol. The lowest BCUT2D eigenvalue weighted by molar-refractivity contribution is -0.139. The van der Waals surface area contributed by atoms with Crippen molar-refractivity contribution in [3.63, 3.8) is 0 Å². The molecule has 1 heterocycles. The SMILES string of the molecule is CCOC(CCc1ccc2ccc(C)cc2n1)OCC. The Morgan fingerprint density at radius 2 is 1.75 bits per heavy atom. The summed E-state index contributed by atoms with van der Waals surface area (Å²) >= 11 is 0. The number of hydrogen-bond acceptors (Lipinski definition) is 3. The van der Waals surface area contributed by atoms with Crippen LogP contribution in [0.25, 0.3) is 10.9 Å². The summed E-state index contributed by atoms with van der Waals surface area (Å²) in [6.45, 7) is 7.42. The van der Waals surface area contributed by atoms with Crippen LogP contribution in [0.4, 0.5) is 0 Å². The molecule has 0 aliphatic rings. The van der Waals surface area contributed by atoms with Crippen molar-refractivity contribution >= 4 is 10.9 Å². The van der Waals surface area contributed by atoms with Gasteiger partial charge in [-0.3, -0.25) is 4.98 Å². The zero-order valence-electron chi connectivity index (χ0n) is 12.6. The van der Waals surface area contributed by atoms with Crippen LogP contribution in [0.5, 0.6) is 0 Å². The molecular formula is C17H23NO2. The second-order valence-electron chi connectivity index (χ2n) is 4.88. The third-order valence-corrected chi connectivity index (χ3v) is 3.25. The molecule has 2 aromatic rings. The van der Waals surface area contributed by atoms with Crippen molar-refractivity contribution in [2.24, 2.45) is 0 Å². The van der Waals surface area contributed by atoms with Crippen molar-refractivity contribution in [3.8, 4) is 0 Å². The Morgan fingerprint density at radius 3 is 2.45 bits per heavy atom. The van der Waals surface area contributed by atoms with Crippen LogP contribution in [-0.4, -0.2) is 24.5 Å². The Morgan fingerprint density at radius 1 is 1.05 bits per heavy atom. The first-order chi connectivity index (χ1) is 9.72. The molecular weight excluding hydrogens is 250 g/mol. The molecule has 0 aliphatic carbocycles. The molecule has 1 aromatic heterocycles. The summed E-state index contributed by atoms with van der Waals surface area (Å²) in [6, 6.07) is 10.6. The minimum Gasteiger partial charge on any atom is -0.353 e. The van der Waals surface area contributed by atoms with E-state index in [2.05, 4.69) is 37.3 Å². The van der Waals surface area contributed by atoms with Crippen molar-refractivity contribution in [3.05, 3.63) is 41.6 Å². The molecule has 0 aliphatic heterocycles. The quantitative estimate of drug-likeness (QED) is 0.717. The molecule has 0 spiro atoms. The van der Waals surface area contributed by atoms with Crippen LogP contribution in [0, 0.1) is 6.92 Å². The Hall–Kier alpha value is -1.45. The first kappa shape index (κ1) is 14.9. The maximum Gasteiger partial charge on any atom is 0.157 e. The number of pyridine rings is 1. The standard InChI is InChI=1S/C17H23NO2/c1-4-19-17(20-5-2)11-10-15-9-8-14-7-6-13(3)12-16(14)18-15/h6-9,12,17H,4-5,10-11H2,1-3H3. The molecule has 3 nitrogen and oxygen atoms in total. The molecule has 20 heavy (non-hydrogen) atoms. The van der Waals surface area contributed by atoms with Crippen molar-refractivity contribution in [2.75, 3.05) is 13.2 Å². The number of benzene rings is 1. The van der Waals surface area contributed by atoms with Gasteiger partial charge in [0.2, 0.25) is 0 Å². The van der Waals surface area contributed by atoms with Crippen molar-refractivity contribution < 1.29 is 9.47 Å². The fourth-order valence-electron chi connectivity index (χ4n) is 2.26. The molecule has 1 aromatic carbocycles. The first-order valence-corrected chi connectivity index (χ1v) is 7.32. The molecule has 0 unspecified atom stereocenters. The molecule has 0 fully saturated rings. The van der Waals surface area contributed by atoms with E-state index in [4.69, 9.17) is 14.5 Å². The Bertz CT molecular complexity index is 548. The fourth-order valence-corrected chi connectivity index (χ4v) is 2.26. The van der Waals surface area contributed by atoms with Crippen LogP contribution < -0.4 is 0 Å². The van der Waals surface area contributed by atoms with Gasteiger partial charge in [-0.1, -0.05) is 18.2 Å². The zero-order chi connectivity index (χ0) is 14.4. The van der Waals surface area contributed by atoms with Gasteiger partial charge in [0.1, 0.15) is 0 Å². The maximum absolute atomic E-state index is 5.56. The minimum absolute atomic E-state index is 0.125. The molecule has 0 N–H and O–H groups in total. The molecule has 3 heteroatoms. The minimum atomic E-state index is -0.125. The fraction of sp³-hybridized carbons (Fsp3) is 0.471. The second-order valence-corrected chi connectivity index (χ2v) is 4.88. The van der Waals surface area contributed by atoms with Gasteiger partial charge in [-0.25, -0.2) is 0 Å². The van der Waals surface area contributed by atoms with E-state index < -0.39 is 0 Å². The van der Waals surface area contributed by atoms with Gasteiger partial charge >= 0.3 is 0 Å². The highest BCUT2D eigenvalue weighted by atomic mass is 16.7. The molecule has 0 atom stereocenters. The van der Waals surface area contributed by atoms with E-state index in [1.54, 1.807) is 0 Å². The second kappa shape index (κ2) is 7.36. The van der Waals surface area contributed by atoms with Crippen LogP contribution in [-0.2, 0) is 15.9 Å². The number of hydrogen-bond donors (Lipinski definition) is 0. The summed E-state index contributed by atoms with van der Waals surface area (Å²) in [6.07, 6.45) is 1.58. The van der Waals surface area contributed by atoms with Gasteiger partial charge in [-0.15, -0.1) is 0 Å². The molecule has 108 valence electrons. The average molecular weight is 273 g/mol. The van der Waals surface area contributed by atoms with E-state index in [9.17, 15) is 0 Å². The van der Waals surface area contributed by atoms with Gasteiger partial charge < -0.3 is 9.47 Å². The summed E-state index contributed by atoms with van der Waals surface area (Å²) in [4.78, 5) is 4.72. The van der Waals surface area contributed by atoms with Gasteiger partial charge in [0.25, 0.3) is 0 Å². The lowest BCUT2D eigenvalue weighted by atomic mass is 10.1. The summed E-state index contributed by atoms with van der Waals surface area (Å²) in [5.74, 6) is 0. The first-order valence-electron chi connectivity index (χ1n) is 7.32. The number of nitrogens with zero attached hydrogens (tertiary/aromatic N) is 1. The maximum atomic E-state index is 5.56. The van der Waals surface area contributed by atoms with Gasteiger partial charge in [0.05, 0.1) is 5.52 Å². The molecule has 0 saturated carbocycles. The normalized spacial score (nSPS) is 11.4. The van der Waals surface area contributed by atoms with E-state index in [0.29, 0.717) is 13.2 Å². The lowest BCUT2D eigenvalue weighted by Crippen LogP contribution is -2.18. The Labute approximate surface area is 120 Å². The highest BCUT2D eigenvalue weighted by molar-refractivity contribution is 5.79. The Balaban J connectivity index is 2.05. The van der Waals surface area contributed by atoms with E-state index >= 15 is 0 Å². The van der Waals surface area contributed by atoms with E-state index in [1.807, 2.05) is 13.8 Å². The summed E-state index contributed by atoms with van der Waals surface area (Å²) in [7, 11) is 0. The van der Waals surface area contributed by atoms with E-state index in [1.165, 1.54) is 10.9 Å². The van der Waals surface area contributed by atoms with Crippen LogP contribution in [0.2, 0.25) is 0 Å². The highest BCUT2D eigenvalue weighted by Crippen LogP contribution is 2.16. The molecule has 0 saturated heterocycles. The van der Waals surface area contributed by atoms with Crippen LogP contribution in [0.15, 0.2) is 30.3 Å². The predicted molar refractivity (Wildman–Crippen MR) is 81.8 cm³/mol. The van der Waals surface area contributed by atoms with Crippen LogP contribution in [0.1, 0.15) is 31.5 Å². The summed E-state index contributed by atoms with van der Waals surface area (Å²) in [5.41, 5.74) is 3.39. The summed E-state index contributed by atoms with van der Waals surface area (Å²) in [5, 5.41) is 1.19. The molecule has 2 rings (SSSR count). The zero-order valence-corrected chi connectivity index (χ0v) is 12.6. The lowest BCUT2D eigenvalue weighted by Gasteiger charge is -2.16. The van der Waals surface area contributed by atoms with Crippen LogP contribution in [0.3, 0.4) is 0 Å². The summed E-state index contributed by atoms with van der Waals surface area (Å²) < 4.78 is 11.1. The number of aromatic nitrogens is 1. The van der Waals surface area contributed by atoms with Gasteiger partial charge in [0, 0.05) is 30.7 Å². The van der Waals surface area contributed by atoms with Gasteiger partial charge in [0.15, 0.2) is 6.29 Å². The third-order valence-electron chi connectivity index (χ3n) is 3.25. The molecule has 0 amide bonds. The highest BCUT2D eigenvalue weighted by Gasteiger charge is 2.09. The Kier molecular flexibility index (Phi) is 5.50. The van der Waals surface area contributed by atoms with E-state index in [0.717, 1.165) is 24.1 Å². The van der Waals surface area contributed by atoms with Gasteiger partial charge in [-0.05, 0) is 44.9 Å². The number of ether oxygens (including phenoxy) is 2. The van der Waals surface area contributed by atoms with Crippen LogP contribution >= 0.6 is 0 Å². The van der Waals surface area contributed by atoms with E-state index in [-0.39, 0.29) is 6.29 Å². The van der Waals surface area contributed by atoms with Gasteiger partial charge in [-0.2, -0.15) is 0 Å². The van der Waals surface area contributed by atoms with Crippen molar-refractivity contribution in [2.45, 2.75) is 39.9 Å². The topological polar surface area (TPSA) is 31.4 Å². The number of aryl methyl sites for hydroxylation is 2. The van der Waals surface area contributed by atoms with Crippen molar-refractivity contribution in [1.29, 1.82) is 0 Å². The molecule has 0 radical (unpaired) electrons. The number of fused-ring (bicyclic) bond motifs is 1. The predicted octanol–water partition coefficient (Wildman–Crippen LogP) is 3.87. The average Bonchev–Trinajstić information content (AvgIpc) is 2.44. The third kappa shape index (κ3) is 4.02. The smallest absolute Gasteiger partial charge is 0.157 e. The largest absolute Gasteiger partial charge is 0.353 e. The number of rotatable bonds is 7.